The molecular formula is C27H27F3N4O5S. The van der Waals surface area contributed by atoms with Crippen LogP contribution in [-0.2, 0) is 22.6 Å². The largest absolute Gasteiger partial charge is 0.416 e. The molecule has 2 aromatic carbocycles. The predicted molar refractivity (Wildman–Crippen MR) is 141 cm³/mol. The van der Waals surface area contributed by atoms with Crippen LogP contribution in [0.5, 0.6) is 0 Å². The normalized spacial score (nSPS) is 14.2. The number of pyridine rings is 1. The summed E-state index contributed by atoms with van der Waals surface area (Å²) in [6.07, 6.45) is -1.86. The van der Waals surface area contributed by atoms with Crippen molar-refractivity contribution >= 4 is 21.7 Å². The fourth-order valence-electron chi connectivity index (χ4n) is 4.39. The average Bonchev–Trinajstić information content (AvgIpc) is 3.40. The van der Waals surface area contributed by atoms with E-state index < -0.39 is 44.5 Å². The Morgan fingerprint density at radius 3 is 2.20 bits per heavy atom. The molecule has 0 unspecified atom stereocenters. The van der Waals surface area contributed by atoms with Crippen LogP contribution in [0.2, 0.25) is 0 Å². The number of alkyl halides is 3. The lowest BCUT2D eigenvalue weighted by atomic mass is 10.1. The second-order valence-electron chi connectivity index (χ2n) is 9.48. The van der Waals surface area contributed by atoms with Crippen molar-refractivity contribution in [2.75, 3.05) is 19.3 Å². The number of nitrogens with one attached hydrogen (secondary N) is 2. The summed E-state index contributed by atoms with van der Waals surface area (Å²) in [6, 6.07) is 11.0. The summed E-state index contributed by atoms with van der Waals surface area (Å²) < 4.78 is 64.5. The van der Waals surface area contributed by atoms with Gasteiger partial charge in [-0.05, 0) is 61.7 Å². The Kier molecular flexibility index (Phi) is 8.17. The standard InChI is InChI=1S/C27H27F3N4O5S/c1-17-22(25(36)32-33-12-3-4-13-33)15-23(24(35)31-16-18-8-10-21(11-9-18)40(2,38)39)26(37)34(17)20-7-5-6-19(14-20)27(28,29)30/h5-11,14-15H,3-4,12-13,16H2,1-2H3,(H,31,35)(H,32,36). The van der Waals surface area contributed by atoms with Crippen LogP contribution in [0.3, 0.4) is 0 Å². The number of rotatable bonds is 7. The first kappa shape index (κ1) is 29.0. The number of hydrogen-bond acceptors (Lipinski definition) is 6. The first-order valence-corrected chi connectivity index (χ1v) is 14.2. The zero-order valence-electron chi connectivity index (χ0n) is 21.7. The van der Waals surface area contributed by atoms with Crippen molar-refractivity contribution in [1.29, 1.82) is 0 Å². The van der Waals surface area contributed by atoms with E-state index in [2.05, 4.69) is 10.7 Å². The summed E-state index contributed by atoms with van der Waals surface area (Å²) in [7, 11) is -3.41. The van der Waals surface area contributed by atoms with Gasteiger partial charge < -0.3 is 5.32 Å². The number of benzene rings is 2. The maximum atomic E-state index is 13.5. The van der Waals surface area contributed by atoms with Gasteiger partial charge in [-0.2, -0.15) is 13.2 Å². The molecule has 1 aromatic heterocycles. The monoisotopic (exact) mass is 576 g/mol. The van der Waals surface area contributed by atoms with Crippen LogP contribution in [0.1, 0.15) is 50.4 Å². The van der Waals surface area contributed by atoms with Crippen LogP contribution in [0.4, 0.5) is 13.2 Å². The number of hydrazine groups is 1. The Bertz CT molecular complexity index is 1610. The van der Waals surface area contributed by atoms with Gasteiger partial charge in [-0.15, -0.1) is 0 Å². The first-order chi connectivity index (χ1) is 18.8. The van der Waals surface area contributed by atoms with E-state index >= 15 is 0 Å². The molecule has 9 nitrogen and oxygen atoms in total. The maximum absolute atomic E-state index is 13.5. The second-order valence-corrected chi connectivity index (χ2v) is 11.5. The molecule has 2 heterocycles. The van der Waals surface area contributed by atoms with Crippen molar-refractivity contribution in [2.45, 2.75) is 37.4 Å². The third kappa shape index (κ3) is 6.42. The fourth-order valence-corrected chi connectivity index (χ4v) is 5.02. The van der Waals surface area contributed by atoms with E-state index in [1.807, 2.05) is 0 Å². The van der Waals surface area contributed by atoms with Gasteiger partial charge in [-0.1, -0.05) is 18.2 Å². The van der Waals surface area contributed by atoms with Gasteiger partial charge in [-0.3, -0.25) is 24.4 Å². The Morgan fingerprint density at radius 1 is 0.950 bits per heavy atom. The van der Waals surface area contributed by atoms with Crippen LogP contribution in [0.15, 0.2) is 64.3 Å². The minimum absolute atomic E-state index is 0.0495. The Morgan fingerprint density at radius 2 is 1.60 bits per heavy atom. The van der Waals surface area contributed by atoms with Gasteiger partial charge in [-0.25, -0.2) is 13.4 Å². The lowest BCUT2D eigenvalue weighted by Gasteiger charge is -2.20. The van der Waals surface area contributed by atoms with E-state index in [-0.39, 0.29) is 28.4 Å². The van der Waals surface area contributed by atoms with Crippen molar-refractivity contribution in [3.8, 4) is 5.69 Å². The highest BCUT2D eigenvalue weighted by molar-refractivity contribution is 7.90. The summed E-state index contributed by atoms with van der Waals surface area (Å²) in [5.41, 5.74) is 0.790. The number of aromatic nitrogens is 1. The highest BCUT2D eigenvalue weighted by atomic mass is 32.2. The predicted octanol–water partition coefficient (Wildman–Crippen LogP) is 3.24. The summed E-state index contributed by atoms with van der Waals surface area (Å²) in [6.45, 7) is 2.58. The Hall–Kier alpha value is -3.97. The zero-order chi connectivity index (χ0) is 29.2. The first-order valence-electron chi connectivity index (χ1n) is 12.3. The Labute approximate surface area is 228 Å². The lowest BCUT2D eigenvalue weighted by Crippen LogP contribution is -2.42. The van der Waals surface area contributed by atoms with Crippen molar-refractivity contribution < 1.29 is 31.2 Å². The van der Waals surface area contributed by atoms with Crippen molar-refractivity contribution in [3.63, 3.8) is 0 Å². The van der Waals surface area contributed by atoms with Crippen molar-refractivity contribution in [2.24, 2.45) is 0 Å². The maximum Gasteiger partial charge on any atom is 0.416 e. The molecule has 212 valence electrons. The number of amides is 2. The van der Waals surface area contributed by atoms with E-state index in [9.17, 15) is 36.0 Å². The van der Waals surface area contributed by atoms with Gasteiger partial charge in [0.2, 0.25) is 0 Å². The third-order valence-corrected chi connectivity index (χ3v) is 7.67. The lowest BCUT2D eigenvalue weighted by molar-refractivity contribution is -0.137. The number of halogens is 3. The highest BCUT2D eigenvalue weighted by Gasteiger charge is 2.31. The quantitative estimate of drug-likeness (QED) is 0.446. The molecule has 0 bridgehead atoms. The van der Waals surface area contributed by atoms with Crippen molar-refractivity contribution in [3.05, 3.63) is 92.9 Å². The van der Waals surface area contributed by atoms with E-state index in [1.54, 1.807) is 5.01 Å². The van der Waals surface area contributed by atoms with E-state index in [1.165, 1.54) is 37.3 Å². The molecule has 4 rings (SSSR count). The summed E-state index contributed by atoms with van der Waals surface area (Å²) >= 11 is 0. The Balaban J connectivity index is 1.73. The molecule has 1 aliphatic heterocycles. The SMILES string of the molecule is Cc1c(C(=O)NN2CCCC2)cc(C(=O)NCc2ccc(S(C)(=O)=O)cc2)c(=O)n1-c1cccc(C(F)(F)F)c1. The minimum atomic E-state index is -4.68. The fraction of sp³-hybridized carbons (Fsp3) is 0.296. The molecule has 0 radical (unpaired) electrons. The number of nitrogens with zero attached hydrogens (tertiary/aromatic N) is 2. The molecular weight excluding hydrogens is 549 g/mol. The van der Waals surface area contributed by atoms with Crippen LogP contribution in [0, 0.1) is 6.92 Å². The molecule has 3 aromatic rings. The summed E-state index contributed by atoms with van der Waals surface area (Å²) in [4.78, 5) is 39.9. The smallest absolute Gasteiger partial charge is 0.348 e. The summed E-state index contributed by atoms with van der Waals surface area (Å²) in [5, 5.41) is 4.26. The van der Waals surface area contributed by atoms with Crippen LogP contribution >= 0.6 is 0 Å². The van der Waals surface area contributed by atoms with Gasteiger partial charge >= 0.3 is 6.18 Å². The van der Waals surface area contributed by atoms with E-state index in [0.717, 1.165) is 47.9 Å². The summed E-state index contributed by atoms with van der Waals surface area (Å²) in [5.74, 6) is -1.46. The van der Waals surface area contributed by atoms with Gasteiger partial charge in [0, 0.05) is 37.3 Å². The molecule has 1 fully saturated rings. The van der Waals surface area contributed by atoms with Gasteiger partial charge in [0.05, 0.1) is 16.0 Å². The zero-order valence-corrected chi connectivity index (χ0v) is 22.5. The van der Waals surface area contributed by atoms with Crippen molar-refractivity contribution in [1.82, 2.24) is 20.3 Å². The second kappa shape index (κ2) is 11.3. The van der Waals surface area contributed by atoms with Gasteiger partial charge in [0.25, 0.3) is 17.4 Å². The van der Waals surface area contributed by atoms with E-state index in [0.29, 0.717) is 18.7 Å². The van der Waals surface area contributed by atoms with Crippen LogP contribution in [0.25, 0.3) is 5.69 Å². The number of carbonyl (C=O) groups excluding carboxylic acids is 2. The number of carbonyl (C=O) groups is 2. The molecule has 1 aliphatic rings. The highest BCUT2D eigenvalue weighted by Crippen LogP contribution is 2.30. The number of sulfone groups is 1. The van der Waals surface area contributed by atoms with E-state index in [4.69, 9.17) is 0 Å². The van der Waals surface area contributed by atoms with Crippen LogP contribution < -0.4 is 16.3 Å². The minimum Gasteiger partial charge on any atom is -0.348 e. The topological polar surface area (TPSA) is 118 Å². The molecule has 0 aliphatic carbocycles. The number of hydrogen-bond donors (Lipinski definition) is 2. The molecule has 40 heavy (non-hydrogen) atoms. The van der Waals surface area contributed by atoms with Crippen LogP contribution in [-0.4, -0.2) is 49.2 Å². The molecule has 2 amide bonds. The molecule has 13 heteroatoms. The third-order valence-electron chi connectivity index (χ3n) is 6.54. The van der Waals surface area contributed by atoms with Gasteiger partial charge in [0.15, 0.2) is 9.84 Å². The van der Waals surface area contributed by atoms with Gasteiger partial charge in [0.1, 0.15) is 5.56 Å². The molecule has 0 atom stereocenters. The molecule has 0 saturated carbocycles. The molecule has 0 spiro atoms. The average molecular weight is 577 g/mol. The molecule has 2 N–H and O–H groups in total. The molecule has 1 saturated heterocycles.